The molecule has 0 saturated heterocycles. The highest BCUT2D eigenvalue weighted by Gasteiger charge is 2.32. The maximum atomic E-state index is 12.9. The number of nitrogens with zero attached hydrogens (tertiary/aromatic N) is 2. The molecule has 0 radical (unpaired) electrons. The van der Waals surface area contributed by atoms with Gasteiger partial charge in [-0.1, -0.05) is 24.3 Å². The van der Waals surface area contributed by atoms with E-state index in [1.54, 1.807) is 30.3 Å². The summed E-state index contributed by atoms with van der Waals surface area (Å²) in [6, 6.07) is 12.8. The second-order valence-electron chi connectivity index (χ2n) is 6.75. The van der Waals surface area contributed by atoms with E-state index in [0.717, 1.165) is 10.6 Å². The zero-order valence-corrected chi connectivity index (χ0v) is 16.2. The zero-order valence-electron chi connectivity index (χ0n) is 16.2. The smallest absolute Gasteiger partial charge is 0.405 e. The standard InChI is InChI=1S/C20H17F3N4O4/c1-30-11-12-7-8-15(31-20(21,22)23)13(9-12)10-26-16-17(24-19(26)29)27(25-18(16)28)14-5-3-2-4-6-14/h2-9H,10-11H2,1H3,(H,24,29)(H,25,28). The molecule has 0 amide bonds. The Hall–Kier alpha value is -3.73. The summed E-state index contributed by atoms with van der Waals surface area (Å²) in [6.45, 7) is -0.161. The van der Waals surface area contributed by atoms with Crippen molar-refractivity contribution in [2.45, 2.75) is 19.5 Å². The number of hydrogen-bond donors (Lipinski definition) is 2. The van der Waals surface area contributed by atoms with E-state index < -0.39 is 23.4 Å². The van der Waals surface area contributed by atoms with Crippen molar-refractivity contribution in [1.29, 1.82) is 0 Å². The first-order chi connectivity index (χ1) is 14.8. The SMILES string of the molecule is COCc1ccc(OC(F)(F)F)c(Cn2c(=O)[nH]c3c2c(=O)[nH]n3-c2ccccc2)c1. The van der Waals surface area contributed by atoms with Crippen LogP contribution in [0.1, 0.15) is 11.1 Å². The third-order valence-electron chi connectivity index (χ3n) is 4.62. The fraction of sp³-hybridized carbons (Fsp3) is 0.200. The van der Waals surface area contributed by atoms with Gasteiger partial charge in [0, 0.05) is 12.7 Å². The lowest BCUT2D eigenvalue weighted by molar-refractivity contribution is -0.274. The number of nitrogens with one attached hydrogen (secondary N) is 2. The first-order valence-corrected chi connectivity index (χ1v) is 9.12. The van der Waals surface area contributed by atoms with Gasteiger partial charge < -0.3 is 9.47 Å². The molecule has 0 aliphatic carbocycles. The number of H-pyrrole nitrogens is 2. The topological polar surface area (TPSA) is 94.0 Å². The first-order valence-electron chi connectivity index (χ1n) is 9.12. The minimum atomic E-state index is -4.91. The van der Waals surface area contributed by atoms with Crippen LogP contribution in [-0.4, -0.2) is 32.8 Å². The number of para-hydroxylation sites is 1. The third-order valence-corrected chi connectivity index (χ3v) is 4.62. The van der Waals surface area contributed by atoms with Crippen LogP contribution in [0.3, 0.4) is 0 Å². The molecule has 0 bridgehead atoms. The molecule has 4 aromatic rings. The van der Waals surface area contributed by atoms with Crippen LogP contribution < -0.4 is 16.0 Å². The van der Waals surface area contributed by atoms with Crippen LogP contribution in [0.15, 0.2) is 58.1 Å². The predicted octanol–water partition coefficient (Wildman–Crippen LogP) is 2.90. The Kier molecular flexibility index (Phi) is 5.19. The fourth-order valence-corrected chi connectivity index (χ4v) is 3.39. The van der Waals surface area contributed by atoms with E-state index >= 15 is 0 Å². The highest BCUT2D eigenvalue weighted by atomic mass is 19.4. The second kappa shape index (κ2) is 7.84. The average molecular weight is 434 g/mol. The van der Waals surface area contributed by atoms with Gasteiger partial charge in [0.25, 0.3) is 5.56 Å². The van der Waals surface area contributed by atoms with Crippen LogP contribution in [0.25, 0.3) is 16.9 Å². The summed E-state index contributed by atoms with van der Waals surface area (Å²) in [5, 5.41) is 2.63. The quantitative estimate of drug-likeness (QED) is 0.488. The molecule has 0 fully saturated rings. The molecule has 0 aliphatic heterocycles. The lowest BCUT2D eigenvalue weighted by Gasteiger charge is -2.15. The summed E-state index contributed by atoms with van der Waals surface area (Å²) in [4.78, 5) is 27.8. The van der Waals surface area contributed by atoms with Gasteiger partial charge in [-0.2, -0.15) is 0 Å². The highest BCUT2D eigenvalue weighted by Crippen LogP contribution is 2.28. The predicted molar refractivity (Wildman–Crippen MR) is 105 cm³/mol. The van der Waals surface area contributed by atoms with Crippen LogP contribution in [0, 0.1) is 0 Å². The van der Waals surface area contributed by atoms with E-state index in [0.29, 0.717) is 11.3 Å². The maximum absolute atomic E-state index is 12.9. The molecule has 8 nitrogen and oxygen atoms in total. The van der Waals surface area contributed by atoms with Crippen molar-refractivity contribution in [3.8, 4) is 11.4 Å². The number of fused-ring (bicyclic) bond motifs is 1. The number of aromatic nitrogens is 4. The Bertz CT molecular complexity index is 1330. The second-order valence-corrected chi connectivity index (χ2v) is 6.75. The number of imidazole rings is 1. The molecule has 0 unspecified atom stereocenters. The van der Waals surface area contributed by atoms with E-state index in [-0.39, 0.29) is 29.9 Å². The minimum Gasteiger partial charge on any atom is -0.405 e. The van der Waals surface area contributed by atoms with Crippen LogP contribution in [0.2, 0.25) is 0 Å². The number of ether oxygens (including phenoxy) is 2. The van der Waals surface area contributed by atoms with Gasteiger partial charge in [-0.15, -0.1) is 13.2 Å². The first kappa shape index (κ1) is 20.5. The van der Waals surface area contributed by atoms with Crippen LogP contribution in [-0.2, 0) is 17.9 Å². The Balaban J connectivity index is 1.83. The number of alkyl halides is 3. The average Bonchev–Trinajstić information content (AvgIpc) is 3.20. The van der Waals surface area contributed by atoms with Gasteiger partial charge in [0.05, 0.1) is 18.8 Å². The van der Waals surface area contributed by atoms with Crippen molar-refractivity contribution in [3.63, 3.8) is 0 Å². The van der Waals surface area contributed by atoms with Crippen molar-refractivity contribution < 1.29 is 22.6 Å². The molecule has 2 aromatic carbocycles. The van der Waals surface area contributed by atoms with Crippen molar-refractivity contribution in [2.24, 2.45) is 0 Å². The van der Waals surface area contributed by atoms with Gasteiger partial charge in [0.2, 0.25) is 0 Å². The molecule has 2 aromatic heterocycles. The molecule has 0 aliphatic rings. The van der Waals surface area contributed by atoms with E-state index in [1.807, 2.05) is 0 Å². The molecule has 0 spiro atoms. The Morgan fingerprint density at radius 2 is 1.81 bits per heavy atom. The van der Waals surface area contributed by atoms with Gasteiger partial charge in [-0.25, -0.2) is 9.48 Å². The number of benzene rings is 2. The van der Waals surface area contributed by atoms with Crippen LogP contribution in [0.5, 0.6) is 5.75 Å². The molecule has 2 heterocycles. The number of methoxy groups -OCH3 is 1. The van der Waals surface area contributed by atoms with E-state index in [2.05, 4.69) is 14.8 Å². The van der Waals surface area contributed by atoms with E-state index in [9.17, 15) is 22.8 Å². The summed E-state index contributed by atoms with van der Waals surface area (Å²) in [6.07, 6.45) is -4.91. The van der Waals surface area contributed by atoms with Gasteiger partial charge >= 0.3 is 12.1 Å². The summed E-state index contributed by atoms with van der Waals surface area (Å²) < 4.78 is 50.2. The normalized spacial score (nSPS) is 11.9. The lowest BCUT2D eigenvalue weighted by Crippen LogP contribution is -2.23. The van der Waals surface area contributed by atoms with Gasteiger partial charge in [0.1, 0.15) is 5.75 Å². The molecular weight excluding hydrogens is 417 g/mol. The van der Waals surface area contributed by atoms with Gasteiger partial charge in [-0.3, -0.25) is 19.4 Å². The van der Waals surface area contributed by atoms with Gasteiger partial charge in [0.15, 0.2) is 11.2 Å². The molecule has 0 atom stereocenters. The zero-order chi connectivity index (χ0) is 22.2. The Labute approximate surface area is 172 Å². The summed E-state index contributed by atoms with van der Waals surface area (Å²) >= 11 is 0. The van der Waals surface area contributed by atoms with E-state index in [4.69, 9.17) is 4.74 Å². The molecule has 2 N–H and O–H groups in total. The molecule has 4 rings (SSSR count). The molecule has 0 saturated carbocycles. The maximum Gasteiger partial charge on any atom is 0.573 e. The van der Waals surface area contributed by atoms with E-state index in [1.165, 1.54) is 23.9 Å². The third kappa shape index (κ3) is 4.12. The summed E-state index contributed by atoms with van der Waals surface area (Å²) in [5.41, 5.74) is 0.256. The van der Waals surface area contributed by atoms with Crippen LogP contribution in [0.4, 0.5) is 13.2 Å². The van der Waals surface area contributed by atoms with Gasteiger partial charge in [-0.05, 0) is 29.8 Å². The lowest BCUT2D eigenvalue weighted by atomic mass is 10.1. The van der Waals surface area contributed by atoms with Crippen molar-refractivity contribution >= 4 is 11.2 Å². The Morgan fingerprint density at radius 3 is 2.48 bits per heavy atom. The molecule has 31 heavy (non-hydrogen) atoms. The minimum absolute atomic E-state index is 0.00366. The van der Waals surface area contributed by atoms with Crippen molar-refractivity contribution in [1.82, 2.24) is 19.3 Å². The summed E-state index contributed by atoms with van der Waals surface area (Å²) in [5.74, 6) is -0.465. The number of aromatic amines is 2. The number of halogens is 3. The highest BCUT2D eigenvalue weighted by molar-refractivity contribution is 5.73. The number of rotatable bonds is 6. The molecular formula is C20H17F3N4O4. The Morgan fingerprint density at radius 1 is 1.06 bits per heavy atom. The van der Waals surface area contributed by atoms with Crippen molar-refractivity contribution in [2.75, 3.05) is 7.11 Å². The molecule has 162 valence electrons. The summed E-state index contributed by atoms with van der Waals surface area (Å²) in [7, 11) is 1.45. The largest absolute Gasteiger partial charge is 0.573 e. The van der Waals surface area contributed by atoms with Crippen molar-refractivity contribution in [3.05, 3.63) is 80.5 Å². The number of hydrogen-bond acceptors (Lipinski definition) is 4. The molecule has 11 heteroatoms. The van der Waals surface area contributed by atoms with Crippen LogP contribution >= 0.6 is 0 Å². The monoisotopic (exact) mass is 434 g/mol. The fourth-order valence-electron chi connectivity index (χ4n) is 3.39.